The van der Waals surface area contributed by atoms with E-state index in [9.17, 15) is 9.59 Å². The molecule has 0 unspecified atom stereocenters. The highest BCUT2D eigenvalue weighted by atomic mass is 35.5. The van der Waals surface area contributed by atoms with E-state index in [0.717, 1.165) is 38.5 Å². The summed E-state index contributed by atoms with van der Waals surface area (Å²) in [4.78, 5) is 23.9. The maximum Gasteiger partial charge on any atom is 0.349 e. The van der Waals surface area contributed by atoms with Crippen LogP contribution in [0.3, 0.4) is 0 Å². The molecule has 0 fully saturated rings. The summed E-state index contributed by atoms with van der Waals surface area (Å²) in [6.07, 6.45) is 11.1. The van der Waals surface area contributed by atoms with E-state index in [4.69, 9.17) is 37.4 Å². The second-order valence-corrected chi connectivity index (χ2v) is 7.49. The summed E-state index contributed by atoms with van der Waals surface area (Å²) >= 11 is 11.9. The van der Waals surface area contributed by atoms with E-state index in [2.05, 4.69) is 6.58 Å². The lowest BCUT2D eigenvalue weighted by molar-refractivity contribution is -0.142. The number of esters is 2. The molecule has 1 aromatic rings. The van der Waals surface area contributed by atoms with Crippen molar-refractivity contribution in [3.05, 3.63) is 52.7 Å². The summed E-state index contributed by atoms with van der Waals surface area (Å²) in [6, 6.07) is 4.70. The number of ether oxygens (including phenoxy) is 3. The molecule has 1 aromatic carbocycles. The lowest BCUT2D eigenvalue weighted by Crippen LogP contribution is -2.16. The Balaban J connectivity index is 2.49. The molecule has 5 nitrogen and oxygen atoms in total. The van der Waals surface area contributed by atoms with Crippen LogP contribution in [0.4, 0.5) is 0 Å². The number of allylic oxidation sites excluding steroid dienone is 2. The van der Waals surface area contributed by atoms with Gasteiger partial charge in [-0.3, -0.25) is 0 Å². The van der Waals surface area contributed by atoms with Gasteiger partial charge in [0.05, 0.1) is 17.7 Å². The van der Waals surface area contributed by atoms with Crippen molar-refractivity contribution in [2.24, 2.45) is 0 Å². The normalized spacial score (nSPS) is 11.1. The molecule has 0 aromatic heterocycles. The fourth-order valence-corrected chi connectivity index (χ4v) is 3.13. The SMILES string of the molecule is C=CCCCCCCCCC(=CC(=O)OCC)OC(=O)COc1ccc(Cl)cc1Cl. The molecule has 0 aliphatic carbocycles. The molecule has 30 heavy (non-hydrogen) atoms. The van der Waals surface area contributed by atoms with E-state index >= 15 is 0 Å². The Labute approximate surface area is 189 Å². The minimum Gasteiger partial charge on any atom is -0.480 e. The van der Waals surface area contributed by atoms with Crippen molar-refractivity contribution < 1.29 is 23.8 Å². The van der Waals surface area contributed by atoms with Crippen LogP contribution in [0.15, 0.2) is 42.7 Å². The van der Waals surface area contributed by atoms with Gasteiger partial charge in [0.25, 0.3) is 0 Å². The zero-order valence-corrected chi connectivity index (χ0v) is 19.0. The van der Waals surface area contributed by atoms with Gasteiger partial charge in [0.2, 0.25) is 0 Å². The van der Waals surface area contributed by atoms with Crippen LogP contribution in [0.25, 0.3) is 0 Å². The van der Waals surface area contributed by atoms with Crippen LogP contribution in [0, 0.1) is 0 Å². The predicted octanol–water partition coefficient (Wildman–Crippen LogP) is 6.67. The number of carbonyl (C=O) groups is 2. The molecular formula is C23H30Cl2O5. The molecule has 1 rings (SSSR count). The van der Waals surface area contributed by atoms with Gasteiger partial charge in [0, 0.05) is 11.4 Å². The van der Waals surface area contributed by atoms with E-state index in [1.807, 2.05) is 6.08 Å². The molecule has 0 atom stereocenters. The number of hydrogen-bond donors (Lipinski definition) is 0. The van der Waals surface area contributed by atoms with E-state index < -0.39 is 11.9 Å². The highest BCUT2D eigenvalue weighted by Gasteiger charge is 2.12. The number of benzene rings is 1. The molecule has 0 amide bonds. The Morgan fingerprint density at radius 3 is 2.43 bits per heavy atom. The van der Waals surface area contributed by atoms with Crippen molar-refractivity contribution >= 4 is 35.1 Å². The molecular weight excluding hydrogens is 427 g/mol. The van der Waals surface area contributed by atoms with Gasteiger partial charge in [0.1, 0.15) is 11.5 Å². The highest BCUT2D eigenvalue weighted by molar-refractivity contribution is 6.35. The van der Waals surface area contributed by atoms with Gasteiger partial charge < -0.3 is 14.2 Å². The third-order valence-corrected chi connectivity index (χ3v) is 4.66. The minimum absolute atomic E-state index is 0.249. The van der Waals surface area contributed by atoms with Crippen LogP contribution >= 0.6 is 23.2 Å². The first-order valence-corrected chi connectivity index (χ1v) is 11.0. The Hall–Kier alpha value is -1.98. The van der Waals surface area contributed by atoms with Gasteiger partial charge in [-0.1, -0.05) is 55.0 Å². The lowest BCUT2D eigenvalue weighted by Gasteiger charge is -2.11. The molecule has 0 N–H and O–H groups in total. The van der Waals surface area contributed by atoms with Crippen molar-refractivity contribution in [3.8, 4) is 5.75 Å². The maximum absolute atomic E-state index is 12.2. The average molecular weight is 457 g/mol. The van der Waals surface area contributed by atoms with Crippen LogP contribution in [0.2, 0.25) is 10.0 Å². The standard InChI is InChI=1S/C23H30Cl2O5/c1-3-5-6-7-8-9-10-11-12-19(16-22(26)28-4-2)30-23(27)17-29-21-14-13-18(24)15-20(21)25/h3,13-16H,1,4-12,17H2,2H3. The van der Waals surface area contributed by atoms with Gasteiger partial charge >= 0.3 is 11.9 Å². The molecule has 0 heterocycles. The quantitative estimate of drug-likeness (QED) is 0.0968. The molecule has 0 aliphatic rings. The largest absolute Gasteiger partial charge is 0.480 e. The summed E-state index contributed by atoms with van der Waals surface area (Å²) in [5, 5.41) is 0.765. The number of unbranched alkanes of at least 4 members (excludes halogenated alkanes) is 6. The van der Waals surface area contributed by atoms with Crippen LogP contribution < -0.4 is 4.74 Å². The van der Waals surface area contributed by atoms with Crippen molar-refractivity contribution in [3.63, 3.8) is 0 Å². The van der Waals surface area contributed by atoms with Gasteiger partial charge in [-0.05, 0) is 44.4 Å². The molecule has 0 aliphatic heterocycles. The van der Waals surface area contributed by atoms with Gasteiger partial charge in [-0.2, -0.15) is 0 Å². The first-order chi connectivity index (χ1) is 14.5. The first-order valence-electron chi connectivity index (χ1n) is 10.2. The van der Waals surface area contributed by atoms with Crippen molar-refractivity contribution in [2.75, 3.05) is 13.2 Å². The fourth-order valence-electron chi connectivity index (χ4n) is 2.67. The Kier molecular flexibility index (Phi) is 13.7. The lowest BCUT2D eigenvalue weighted by atomic mass is 10.1. The third-order valence-electron chi connectivity index (χ3n) is 4.13. The molecule has 7 heteroatoms. The third kappa shape index (κ3) is 11.9. The average Bonchev–Trinajstić information content (AvgIpc) is 2.69. The summed E-state index contributed by atoms with van der Waals surface area (Å²) in [5.74, 6) is -0.561. The molecule has 0 saturated heterocycles. The van der Waals surface area contributed by atoms with Gasteiger partial charge in [-0.15, -0.1) is 6.58 Å². The first kappa shape index (κ1) is 26.1. The Morgan fingerprint density at radius 2 is 1.77 bits per heavy atom. The fraction of sp³-hybridized carbons (Fsp3) is 0.478. The predicted molar refractivity (Wildman–Crippen MR) is 120 cm³/mol. The second-order valence-electron chi connectivity index (χ2n) is 6.65. The van der Waals surface area contributed by atoms with E-state index in [-0.39, 0.29) is 19.0 Å². The molecule has 166 valence electrons. The van der Waals surface area contributed by atoms with E-state index in [1.54, 1.807) is 19.1 Å². The smallest absolute Gasteiger partial charge is 0.349 e. The topological polar surface area (TPSA) is 61.8 Å². The van der Waals surface area contributed by atoms with E-state index in [0.29, 0.717) is 22.2 Å². The number of carbonyl (C=O) groups excluding carboxylic acids is 2. The van der Waals surface area contributed by atoms with Crippen LogP contribution in [-0.2, 0) is 19.1 Å². The molecule has 0 saturated carbocycles. The minimum atomic E-state index is -0.624. The molecule has 0 radical (unpaired) electrons. The van der Waals surface area contributed by atoms with Crippen molar-refractivity contribution in [1.82, 2.24) is 0 Å². The van der Waals surface area contributed by atoms with Crippen LogP contribution in [0.1, 0.15) is 58.3 Å². The van der Waals surface area contributed by atoms with Gasteiger partial charge in [-0.25, -0.2) is 9.59 Å². The van der Waals surface area contributed by atoms with E-state index in [1.165, 1.54) is 18.6 Å². The highest BCUT2D eigenvalue weighted by Crippen LogP contribution is 2.27. The molecule has 0 bridgehead atoms. The Morgan fingerprint density at radius 1 is 1.07 bits per heavy atom. The van der Waals surface area contributed by atoms with Crippen molar-refractivity contribution in [2.45, 2.75) is 58.3 Å². The van der Waals surface area contributed by atoms with Gasteiger partial charge in [0.15, 0.2) is 6.61 Å². The van der Waals surface area contributed by atoms with Crippen molar-refractivity contribution in [1.29, 1.82) is 0 Å². The maximum atomic E-state index is 12.2. The van der Waals surface area contributed by atoms with Crippen LogP contribution in [0.5, 0.6) is 5.75 Å². The number of rotatable bonds is 15. The Bertz CT molecular complexity index is 716. The summed E-state index contributed by atoms with van der Waals surface area (Å²) in [5.41, 5.74) is 0. The number of halogens is 2. The zero-order chi connectivity index (χ0) is 22.2. The monoisotopic (exact) mass is 456 g/mol. The van der Waals surface area contributed by atoms with Crippen LogP contribution in [-0.4, -0.2) is 25.2 Å². The zero-order valence-electron chi connectivity index (χ0n) is 17.5. The second kappa shape index (κ2) is 15.8. The summed E-state index contributed by atoms with van der Waals surface area (Å²) in [6.45, 7) is 5.34. The molecule has 0 spiro atoms. The number of hydrogen-bond acceptors (Lipinski definition) is 5. The summed E-state index contributed by atoms with van der Waals surface area (Å²) in [7, 11) is 0. The summed E-state index contributed by atoms with van der Waals surface area (Å²) < 4.78 is 15.6.